The van der Waals surface area contributed by atoms with Crippen molar-refractivity contribution in [1.29, 1.82) is 0 Å². The molecule has 1 aromatic carbocycles. The number of aryl methyl sites for hydroxylation is 1. The zero-order valence-electron chi connectivity index (χ0n) is 15.2. The van der Waals surface area contributed by atoms with Gasteiger partial charge in [0, 0.05) is 17.3 Å². The Morgan fingerprint density at radius 1 is 1.30 bits per heavy atom. The van der Waals surface area contributed by atoms with Crippen LogP contribution in [0.1, 0.15) is 24.6 Å². The van der Waals surface area contributed by atoms with Gasteiger partial charge in [0.25, 0.3) is 0 Å². The van der Waals surface area contributed by atoms with Gasteiger partial charge in [-0.05, 0) is 37.6 Å². The fraction of sp³-hybridized carbons (Fsp3) is 0.368. The van der Waals surface area contributed by atoms with Crippen molar-refractivity contribution < 1.29 is 17.9 Å². The van der Waals surface area contributed by atoms with Crippen LogP contribution in [0.5, 0.6) is 5.75 Å². The molecule has 1 atom stereocenters. The summed E-state index contributed by atoms with van der Waals surface area (Å²) in [7, 11) is 1.36. The Kier molecular flexibility index (Phi) is 4.01. The SMILES string of the molecule is CCC1Cn2nc(-c3ccc(C(F)(F)F)cc3OC)c3nc(C)cc(c32)N1. The minimum absolute atomic E-state index is 0.125. The number of rotatable bonds is 3. The van der Waals surface area contributed by atoms with Crippen LogP contribution in [0.15, 0.2) is 24.3 Å². The summed E-state index contributed by atoms with van der Waals surface area (Å²) in [5.41, 5.74) is 3.54. The van der Waals surface area contributed by atoms with Crippen LogP contribution in [-0.2, 0) is 12.7 Å². The van der Waals surface area contributed by atoms with Crippen molar-refractivity contribution in [2.24, 2.45) is 0 Å². The molecule has 0 radical (unpaired) electrons. The number of ether oxygens (including phenoxy) is 1. The van der Waals surface area contributed by atoms with E-state index < -0.39 is 11.7 Å². The lowest BCUT2D eigenvalue weighted by Gasteiger charge is -2.24. The van der Waals surface area contributed by atoms with E-state index >= 15 is 0 Å². The van der Waals surface area contributed by atoms with Crippen LogP contribution in [0.3, 0.4) is 0 Å². The van der Waals surface area contributed by atoms with Gasteiger partial charge in [-0.3, -0.25) is 4.68 Å². The number of benzene rings is 1. The van der Waals surface area contributed by atoms with Crippen LogP contribution in [0.4, 0.5) is 18.9 Å². The molecule has 4 rings (SSSR count). The summed E-state index contributed by atoms with van der Waals surface area (Å²) in [5, 5.41) is 8.18. The van der Waals surface area contributed by atoms with Gasteiger partial charge in [-0.1, -0.05) is 6.92 Å². The Hall–Kier alpha value is -2.77. The first-order chi connectivity index (χ1) is 12.8. The Labute approximate surface area is 154 Å². The number of alkyl halides is 3. The fourth-order valence-electron chi connectivity index (χ4n) is 3.50. The first-order valence-corrected chi connectivity index (χ1v) is 8.72. The highest BCUT2D eigenvalue weighted by molar-refractivity contribution is 5.99. The van der Waals surface area contributed by atoms with Gasteiger partial charge in [0.15, 0.2) is 0 Å². The van der Waals surface area contributed by atoms with Crippen molar-refractivity contribution in [2.75, 3.05) is 12.4 Å². The normalized spacial score (nSPS) is 16.4. The number of aromatic nitrogens is 3. The average molecular weight is 376 g/mol. The highest BCUT2D eigenvalue weighted by atomic mass is 19.4. The van der Waals surface area contributed by atoms with E-state index in [0.29, 0.717) is 23.3 Å². The molecule has 0 fully saturated rings. The molecule has 3 aromatic rings. The summed E-state index contributed by atoms with van der Waals surface area (Å²) in [5.74, 6) is 0.125. The lowest BCUT2D eigenvalue weighted by atomic mass is 10.1. The van der Waals surface area contributed by atoms with Crippen LogP contribution < -0.4 is 10.1 Å². The van der Waals surface area contributed by atoms with Gasteiger partial charge in [-0.25, -0.2) is 4.98 Å². The molecule has 142 valence electrons. The van der Waals surface area contributed by atoms with Gasteiger partial charge < -0.3 is 10.1 Å². The topological polar surface area (TPSA) is 52.0 Å². The third-order valence-corrected chi connectivity index (χ3v) is 4.85. The van der Waals surface area contributed by atoms with E-state index in [1.54, 1.807) is 0 Å². The molecule has 1 aliphatic rings. The maximum atomic E-state index is 13.1. The monoisotopic (exact) mass is 376 g/mol. The van der Waals surface area contributed by atoms with E-state index in [1.165, 1.54) is 13.2 Å². The zero-order valence-corrected chi connectivity index (χ0v) is 15.2. The molecule has 3 heterocycles. The Morgan fingerprint density at radius 2 is 2.07 bits per heavy atom. The first-order valence-electron chi connectivity index (χ1n) is 8.72. The molecule has 8 heteroatoms. The number of nitrogens with one attached hydrogen (secondary N) is 1. The smallest absolute Gasteiger partial charge is 0.416 e. The highest BCUT2D eigenvalue weighted by Gasteiger charge is 2.32. The van der Waals surface area contributed by atoms with E-state index in [4.69, 9.17) is 4.74 Å². The molecule has 0 spiro atoms. The van der Waals surface area contributed by atoms with Crippen LogP contribution in [0.2, 0.25) is 0 Å². The third-order valence-electron chi connectivity index (χ3n) is 4.85. The van der Waals surface area contributed by atoms with E-state index in [0.717, 1.165) is 35.5 Å². The van der Waals surface area contributed by atoms with Crippen LogP contribution in [-0.4, -0.2) is 27.9 Å². The Morgan fingerprint density at radius 3 is 2.74 bits per heavy atom. The predicted molar refractivity (Wildman–Crippen MR) is 97.0 cm³/mol. The minimum Gasteiger partial charge on any atom is -0.496 e. The molecule has 0 saturated heterocycles. The number of nitrogens with zero attached hydrogens (tertiary/aromatic N) is 3. The van der Waals surface area contributed by atoms with Crippen molar-refractivity contribution in [3.8, 4) is 17.0 Å². The molecular weight excluding hydrogens is 357 g/mol. The van der Waals surface area contributed by atoms with E-state index in [-0.39, 0.29) is 11.8 Å². The minimum atomic E-state index is -4.43. The van der Waals surface area contributed by atoms with Gasteiger partial charge in [-0.15, -0.1) is 0 Å². The third kappa shape index (κ3) is 2.89. The summed E-state index contributed by atoms with van der Waals surface area (Å²) in [4.78, 5) is 4.61. The number of methoxy groups -OCH3 is 1. The number of hydrogen-bond acceptors (Lipinski definition) is 4. The van der Waals surface area contributed by atoms with Gasteiger partial charge in [0.05, 0.1) is 24.9 Å². The summed E-state index contributed by atoms with van der Waals surface area (Å²) < 4.78 is 46.3. The molecule has 5 nitrogen and oxygen atoms in total. The second-order valence-electron chi connectivity index (χ2n) is 6.70. The van der Waals surface area contributed by atoms with Crippen LogP contribution >= 0.6 is 0 Å². The van der Waals surface area contributed by atoms with Crippen molar-refractivity contribution >= 4 is 16.7 Å². The standard InChI is InChI=1S/C19H19F3N4O/c1-4-12-9-26-18-14(24-12)7-10(2)23-17(18)16(25-26)13-6-5-11(19(20,21)22)8-15(13)27-3/h5-8,12,24H,4,9H2,1-3H3. The van der Waals surface area contributed by atoms with Gasteiger partial charge in [0.2, 0.25) is 0 Å². The molecule has 0 aliphatic carbocycles. The molecular formula is C19H19F3N4O. The molecule has 1 N–H and O–H groups in total. The van der Waals surface area contributed by atoms with Crippen molar-refractivity contribution in [3.05, 3.63) is 35.5 Å². The van der Waals surface area contributed by atoms with E-state index in [2.05, 4.69) is 22.3 Å². The molecule has 0 saturated carbocycles. The largest absolute Gasteiger partial charge is 0.496 e. The lowest BCUT2D eigenvalue weighted by molar-refractivity contribution is -0.137. The predicted octanol–water partition coefficient (Wildman–Crippen LogP) is 4.64. The number of hydrogen-bond donors (Lipinski definition) is 1. The summed E-state index contributed by atoms with van der Waals surface area (Å²) in [6.45, 7) is 4.66. The number of anilines is 1. The summed E-state index contributed by atoms with van der Waals surface area (Å²) >= 11 is 0. The fourth-order valence-corrected chi connectivity index (χ4v) is 3.50. The molecule has 1 aliphatic heterocycles. The zero-order chi connectivity index (χ0) is 19.3. The maximum Gasteiger partial charge on any atom is 0.416 e. The first kappa shape index (κ1) is 17.6. The Balaban J connectivity index is 1.94. The van der Waals surface area contributed by atoms with Gasteiger partial charge in [0.1, 0.15) is 22.5 Å². The van der Waals surface area contributed by atoms with Gasteiger partial charge >= 0.3 is 6.18 Å². The van der Waals surface area contributed by atoms with Crippen molar-refractivity contribution in [3.63, 3.8) is 0 Å². The lowest BCUT2D eigenvalue weighted by Crippen LogP contribution is -2.29. The molecule has 1 unspecified atom stereocenters. The second-order valence-corrected chi connectivity index (χ2v) is 6.70. The summed E-state index contributed by atoms with van der Waals surface area (Å²) in [6, 6.07) is 5.66. The molecule has 27 heavy (non-hydrogen) atoms. The van der Waals surface area contributed by atoms with E-state index in [9.17, 15) is 13.2 Å². The quantitative estimate of drug-likeness (QED) is 0.724. The second kappa shape index (κ2) is 6.14. The van der Waals surface area contributed by atoms with Crippen molar-refractivity contribution in [1.82, 2.24) is 14.8 Å². The van der Waals surface area contributed by atoms with Crippen molar-refractivity contribution in [2.45, 2.75) is 39.0 Å². The molecule has 2 aromatic heterocycles. The molecule has 0 bridgehead atoms. The van der Waals surface area contributed by atoms with E-state index in [1.807, 2.05) is 17.7 Å². The average Bonchev–Trinajstić information content (AvgIpc) is 2.99. The molecule has 0 amide bonds. The maximum absolute atomic E-state index is 13.1. The number of pyridine rings is 1. The Bertz CT molecular complexity index is 1030. The van der Waals surface area contributed by atoms with Crippen LogP contribution in [0, 0.1) is 6.92 Å². The number of halogens is 3. The van der Waals surface area contributed by atoms with Gasteiger partial charge in [-0.2, -0.15) is 18.3 Å². The summed E-state index contributed by atoms with van der Waals surface area (Å²) in [6.07, 6.45) is -3.50. The highest BCUT2D eigenvalue weighted by Crippen LogP contribution is 2.40. The van der Waals surface area contributed by atoms with Crippen LogP contribution in [0.25, 0.3) is 22.3 Å².